The molecule has 0 saturated carbocycles. The highest BCUT2D eigenvalue weighted by Crippen LogP contribution is 2.18. The Balaban J connectivity index is 1.81. The highest BCUT2D eigenvalue weighted by atomic mass is 19.1. The Morgan fingerprint density at radius 3 is 2.72 bits per heavy atom. The second-order valence-corrected chi connectivity index (χ2v) is 6.48. The number of fused-ring (bicyclic) bond motifs is 1. The molecule has 0 saturated heterocycles. The fraction of sp³-hybridized carbons (Fsp3) is 0.286. The predicted molar refractivity (Wildman–Crippen MR) is 106 cm³/mol. The third kappa shape index (κ3) is 4.97. The Bertz CT molecular complexity index is 1070. The van der Waals surface area contributed by atoms with Crippen LogP contribution < -0.4 is 10.3 Å². The number of para-hydroxylation sites is 1. The van der Waals surface area contributed by atoms with Crippen LogP contribution in [-0.2, 0) is 22.5 Å². The lowest BCUT2D eigenvalue weighted by atomic mass is 10.1. The van der Waals surface area contributed by atoms with Crippen LogP contribution in [0.15, 0.2) is 47.3 Å². The van der Waals surface area contributed by atoms with Crippen molar-refractivity contribution in [2.45, 2.75) is 13.0 Å². The van der Waals surface area contributed by atoms with Crippen molar-refractivity contribution in [2.24, 2.45) is 0 Å². The van der Waals surface area contributed by atoms with Crippen molar-refractivity contribution in [2.75, 3.05) is 27.4 Å². The molecule has 0 fully saturated rings. The van der Waals surface area contributed by atoms with Gasteiger partial charge in [-0.2, -0.15) is 0 Å². The Labute approximate surface area is 167 Å². The highest BCUT2D eigenvalue weighted by Gasteiger charge is 2.17. The van der Waals surface area contributed by atoms with Gasteiger partial charge in [-0.1, -0.05) is 18.2 Å². The van der Waals surface area contributed by atoms with Gasteiger partial charge in [-0.15, -0.1) is 0 Å². The van der Waals surface area contributed by atoms with Gasteiger partial charge in [0, 0.05) is 13.7 Å². The van der Waals surface area contributed by atoms with E-state index in [1.54, 1.807) is 30.3 Å². The number of hydrogen-bond acceptors (Lipinski definition) is 5. The first-order chi connectivity index (χ1) is 14.0. The summed E-state index contributed by atoms with van der Waals surface area (Å²) in [5.74, 6) is -0.265. The van der Waals surface area contributed by atoms with Gasteiger partial charge in [0.2, 0.25) is 5.91 Å². The van der Waals surface area contributed by atoms with E-state index in [1.165, 1.54) is 31.3 Å². The van der Waals surface area contributed by atoms with Gasteiger partial charge >= 0.3 is 0 Å². The Morgan fingerprint density at radius 2 is 2.00 bits per heavy atom. The molecule has 1 N–H and O–H groups in total. The van der Waals surface area contributed by atoms with E-state index in [-0.39, 0.29) is 30.2 Å². The first kappa shape index (κ1) is 20.5. The molecule has 1 aromatic heterocycles. The van der Waals surface area contributed by atoms with Crippen LogP contribution in [-0.4, -0.2) is 48.1 Å². The smallest absolute Gasteiger partial charge is 0.258 e. The SMILES string of the molecule is COCCN(Cc1nc2ccccc2c(=O)[nH]1)C(=O)Cc1ccc(OC)c(F)c1. The zero-order chi connectivity index (χ0) is 20.8. The summed E-state index contributed by atoms with van der Waals surface area (Å²) < 4.78 is 23.9. The summed E-state index contributed by atoms with van der Waals surface area (Å²) in [6, 6.07) is 11.4. The largest absolute Gasteiger partial charge is 0.494 e. The first-order valence-corrected chi connectivity index (χ1v) is 9.09. The van der Waals surface area contributed by atoms with Gasteiger partial charge in [-0.05, 0) is 29.8 Å². The Hall–Kier alpha value is -3.26. The summed E-state index contributed by atoms with van der Waals surface area (Å²) in [7, 11) is 2.92. The molecule has 29 heavy (non-hydrogen) atoms. The molecule has 2 aromatic carbocycles. The lowest BCUT2D eigenvalue weighted by Crippen LogP contribution is -2.35. The van der Waals surface area contributed by atoms with Crippen LogP contribution in [0.5, 0.6) is 5.75 Å². The van der Waals surface area contributed by atoms with Crippen molar-refractivity contribution in [3.05, 3.63) is 70.0 Å². The Kier molecular flexibility index (Phi) is 6.56. The van der Waals surface area contributed by atoms with E-state index in [1.807, 2.05) is 0 Å². The molecule has 7 nitrogen and oxygen atoms in total. The molecule has 0 atom stereocenters. The number of hydrogen-bond donors (Lipinski definition) is 1. The number of methoxy groups -OCH3 is 2. The number of rotatable bonds is 8. The fourth-order valence-electron chi connectivity index (χ4n) is 2.99. The van der Waals surface area contributed by atoms with E-state index in [2.05, 4.69) is 9.97 Å². The number of nitrogens with one attached hydrogen (secondary N) is 1. The molecule has 1 heterocycles. The molecule has 0 aliphatic carbocycles. The molecule has 0 spiro atoms. The summed E-state index contributed by atoms with van der Waals surface area (Å²) in [5, 5.41) is 0.486. The Morgan fingerprint density at radius 1 is 1.21 bits per heavy atom. The van der Waals surface area contributed by atoms with E-state index < -0.39 is 5.82 Å². The molecule has 8 heteroatoms. The van der Waals surface area contributed by atoms with Crippen LogP contribution in [0.1, 0.15) is 11.4 Å². The van der Waals surface area contributed by atoms with Gasteiger partial charge in [0.15, 0.2) is 11.6 Å². The molecule has 3 aromatic rings. The second kappa shape index (κ2) is 9.29. The molecule has 3 rings (SSSR count). The number of aromatic amines is 1. The summed E-state index contributed by atoms with van der Waals surface area (Å²) >= 11 is 0. The molecule has 1 amide bonds. The van der Waals surface area contributed by atoms with Crippen molar-refractivity contribution < 1.29 is 18.7 Å². The van der Waals surface area contributed by atoms with Gasteiger partial charge in [-0.3, -0.25) is 9.59 Å². The average Bonchev–Trinajstić information content (AvgIpc) is 2.71. The number of ether oxygens (including phenoxy) is 2. The number of halogens is 1. The zero-order valence-corrected chi connectivity index (χ0v) is 16.3. The standard InChI is InChI=1S/C21H22FN3O4/c1-28-10-9-25(20(26)12-14-7-8-18(29-2)16(22)11-14)13-19-23-17-6-4-3-5-15(17)21(27)24-19/h3-8,11H,9-10,12-13H2,1-2H3,(H,23,24,27). The van der Waals surface area contributed by atoms with Crippen molar-refractivity contribution in [1.29, 1.82) is 0 Å². The number of H-pyrrole nitrogens is 1. The predicted octanol–water partition coefficient (Wildman–Crippen LogP) is 2.29. The maximum Gasteiger partial charge on any atom is 0.258 e. The molecular formula is C21H22FN3O4. The zero-order valence-electron chi connectivity index (χ0n) is 16.3. The van der Waals surface area contributed by atoms with Gasteiger partial charge in [-0.25, -0.2) is 9.37 Å². The third-order valence-corrected chi connectivity index (χ3v) is 4.49. The van der Waals surface area contributed by atoms with E-state index in [0.717, 1.165) is 0 Å². The quantitative estimate of drug-likeness (QED) is 0.628. The van der Waals surface area contributed by atoms with Crippen molar-refractivity contribution in [1.82, 2.24) is 14.9 Å². The summed E-state index contributed by atoms with van der Waals surface area (Å²) in [4.78, 5) is 33.8. The maximum atomic E-state index is 13.9. The van der Waals surface area contributed by atoms with Crippen LogP contribution in [0, 0.1) is 5.82 Å². The molecule has 0 aliphatic heterocycles. The minimum Gasteiger partial charge on any atom is -0.494 e. The van der Waals surface area contributed by atoms with Gasteiger partial charge in [0.05, 0.1) is 37.6 Å². The number of aromatic nitrogens is 2. The van der Waals surface area contributed by atoms with Crippen LogP contribution in [0.4, 0.5) is 4.39 Å². The van der Waals surface area contributed by atoms with E-state index in [4.69, 9.17) is 9.47 Å². The van der Waals surface area contributed by atoms with Crippen LogP contribution in [0.25, 0.3) is 10.9 Å². The lowest BCUT2D eigenvalue weighted by Gasteiger charge is -2.22. The number of carbonyl (C=O) groups is 1. The summed E-state index contributed by atoms with van der Waals surface area (Å²) in [6.45, 7) is 0.742. The van der Waals surface area contributed by atoms with Crippen LogP contribution in [0.3, 0.4) is 0 Å². The average molecular weight is 399 g/mol. The number of nitrogens with zero attached hydrogens (tertiary/aromatic N) is 2. The number of benzene rings is 2. The number of amides is 1. The molecule has 0 aliphatic rings. The lowest BCUT2D eigenvalue weighted by molar-refractivity contribution is -0.131. The summed E-state index contributed by atoms with van der Waals surface area (Å²) in [5.41, 5.74) is 0.820. The molecule has 152 valence electrons. The van der Waals surface area contributed by atoms with Crippen molar-refractivity contribution in [3.8, 4) is 5.75 Å². The van der Waals surface area contributed by atoms with E-state index in [0.29, 0.717) is 35.4 Å². The topological polar surface area (TPSA) is 84.5 Å². The molecular weight excluding hydrogens is 377 g/mol. The normalized spacial score (nSPS) is 10.9. The first-order valence-electron chi connectivity index (χ1n) is 9.09. The van der Waals surface area contributed by atoms with E-state index >= 15 is 0 Å². The minimum absolute atomic E-state index is 0.00242. The van der Waals surface area contributed by atoms with Crippen LogP contribution in [0.2, 0.25) is 0 Å². The maximum absolute atomic E-state index is 13.9. The van der Waals surface area contributed by atoms with Crippen molar-refractivity contribution >= 4 is 16.8 Å². The highest BCUT2D eigenvalue weighted by molar-refractivity contribution is 5.79. The fourth-order valence-corrected chi connectivity index (χ4v) is 2.99. The monoisotopic (exact) mass is 399 g/mol. The van der Waals surface area contributed by atoms with Gasteiger partial charge in [0.1, 0.15) is 5.82 Å². The van der Waals surface area contributed by atoms with E-state index in [9.17, 15) is 14.0 Å². The van der Waals surface area contributed by atoms with Gasteiger partial charge in [0.25, 0.3) is 5.56 Å². The number of carbonyl (C=O) groups excluding carboxylic acids is 1. The summed E-state index contributed by atoms with van der Waals surface area (Å²) in [6.07, 6.45) is 0.00242. The minimum atomic E-state index is -0.526. The van der Waals surface area contributed by atoms with Gasteiger partial charge < -0.3 is 19.4 Å². The second-order valence-electron chi connectivity index (χ2n) is 6.48. The van der Waals surface area contributed by atoms with Crippen molar-refractivity contribution in [3.63, 3.8) is 0 Å². The molecule has 0 radical (unpaired) electrons. The third-order valence-electron chi connectivity index (χ3n) is 4.49. The van der Waals surface area contributed by atoms with Crippen LogP contribution >= 0.6 is 0 Å². The molecule has 0 bridgehead atoms. The molecule has 0 unspecified atom stereocenters.